The Labute approximate surface area is 299 Å². The standard InChI is InChI=1S/C47H28N4O/c48-29-30-12-11-17-33(24-30)34-25-35(47-49-41(31-13-3-1-4-14-31)28-42(50-47)32-15-5-2-6-16-32)27-36(26-34)51-43-20-9-7-18-37(43)39-22-23-40-38-19-8-10-21-44(38)52-46(40)45(39)51/h1-28H. The number of rotatable bonds is 5. The predicted molar refractivity (Wildman–Crippen MR) is 210 cm³/mol. The number of hydrogen-bond acceptors (Lipinski definition) is 4. The van der Waals surface area contributed by atoms with Gasteiger partial charge in [-0.15, -0.1) is 0 Å². The van der Waals surface area contributed by atoms with Crippen LogP contribution in [0.4, 0.5) is 0 Å². The molecule has 0 aliphatic heterocycles. The van der Waals surface area contributed by atoms with Crippen molar-refractivity contribution in [2.45, 2.75) is 0 Å². The summed E-state index contributed by atoms with van der Waals surface area (Å²) in [7, 11) is 0. The molecule has 0 bridgehead atoms. The summed E-state index contributed by atoms with van der Waals surface area (Å²) in [6.07, 6.45) is 0. The summed E-state index contributed by atoms with van der Waals surface area (Å²) in [5, 5.41) is 14.2. The van der Waals surface area contributed by atoms with Gasteiger partial charge in [-0.3, -0.25) is 0 Å². The van der Waals surface area contributed by atoms with Crippen molar-refractivity contribution in [3.8, 4) is 56.8 Å². The van der Waals surface area contributed by atoms with Gasteiger partial charge in [-0.25, -0.2) is 9.97 Å². The van der Waals surface area contributed by atoms with Crippen LogP contribution in [0.25, 0.3) is 94.5 Å². The molecule has 7 aromatic carbocycles. The first-order valence-electron chi connectivity index (χ1n) is 17.2. The first-order chi connectivity index (χ1) is 25.7. The summed E-state index contributed by atoms with van der Waals surface area (Å²) in [6, 6.07) is 60.1. The molecule has 0 spiro atoms. The third-order valence-corrected chi connectivity index (χ3v) is 9.80. The molecular weight excluding hydrogens is 637 g/mol. The largest absolute Gasteiger partial charge is 0.454 e. The lowest BCUT2D eigenvalue weighted by Crippen LogP contribution is -1.99. The normalized spacial score (nSPS) is 11.4. The van der Waals surface area contributed by atoms with Gasteiger partial charge in [0.1, 0.15) is 5.58 Å². The minimum Gasteiger partial charge on any atom is -0.454 e. The molecule has 0 radical (unpaired) electrons. The van der Waals surface area contributed by atoms with Gasteiger partial charge in [-0.05, 0) is 65.7 Å². The van der Waals surface area contributed by atoms with Crippen molar-refractivity contribution in [1.29, 1.82) is 5.26 Å². The summed E-state index contributed by atoms with van der Waals surface area (Å²) in [6.45, 7) is 0. The van der Waals surface area contributed by atoms with Crippen molar-refractivity contribution >= 4 is 43.7 Å². The van der Waals surface area contributed by atoms with Crippen LogP contribution < -0.4 is 0 Å². The van der Waals surface area contributed by atoms with E-state index in [1.165, 1.54) is 0 Å². The zero-order valence-corrected chi connectivity index (χ0v) is 27.9. The quantitative estimate of drug-likeness (QED) is 0.184. The number of para-hydroxylation sites is 2. The number of fused-ring (bicyclic) bond motifs is 7. The van der Waals surface area contributed by atoms with Crippen LogP contribution in [0.2, 0.25) is 0 Å². The molecule has 3 aromatic heterocycles. The molecule has 10 rings (SSSR count). The minimum absolute atomic E-state index is 0.596. The lowest BCUT2D eigenvalue weighted by molar-refractivity contribution is 0.671. The molecule has 5 nitrogen and oxygen atoms in total. The number of nitrogens with zero attached hydrogens (tertiary/aromatic N) is 4. The van der Waals surface area contributed by atoms with E-state index in [1.54, 1.807) is 0 Å². The fraction of sp³-hybridized carbons (Fsp3) is 0. The predicted octanol–water partition coefficient (Wildman–Crippen LogP) is 12.0. The maximum atomic E-state index is 9.84. The van der Waals surface area contributed by atoms with Gasteiger partial charge >= 0.3 is 0 Å². The monoisotopic (exact) mass is 664 g/mol. The molecule has 0 aliphatic carbocycles. The third-order valence-electron chi connectivity index (χ3n) is 9.80. The summed E-state index contributed by atoms with van der Waals surface area (Å²) in [4.78, 5) is 10.4. The van der Waals surface area contributed by atoms with Crippen LogP contribution in [-0.2, 0) is 0 Å². The number of hydrogen-bond donors (Lipinski definition) is 0. The minimum atomic E-state index is 0.596. The van der Waals surface area contributed by atoms with Crippen molar-refractivity contribution in [3.63, 3.8) is 0 Å². The van der Waals surface area contributed by atoms with E-state index in [0.29, 0.717) is 11.4 Å². The van der Waals surface area contributed by atoms with Gasteiger partial charge in [0.25, 0.3) is 0 Å². The maximum absolute atomic E-state index is 9.84. The van der Waals surface area contributed by atoms with Gasteiger partial charge < -0.3 is 8.98 Å². The highest BCUT2D eigenvalue weighted by molar-refractivity contribution is 6.21. The average Bonchev–Trinajstić information content (AvgIpc) is 3.77. The Hall–Kier alpha value is -7.29. The van der Waals surface area contributed by atoms with Crippen LogP contribution in [0.15, 0.2) is 174 Å². The van der Waals surface area contributed by atoms with E-state index in [2.05, 4.69) is 108 Å². The summed E-state index contributed by atoms with van der Waals surface area (Å²) >= 11 is 0. The Morgan fingerprint density at radius 2 is 1.12 bits per heavy atom. The second-order valence-electron chi connectivity index (χ2n) is 12.9. The van der Waals surface area contributed by atoms with Gasteiger partial charge in [0, 0.05) is 43.9 Å². The number of aromatic nitrogens is 3. The molecule has 52 heavy (non-hydrogen) atoms. The third kappa shape index (κ3) is 4.86. The molecule has 5 heteroatoms. The molecular formula is C47H28N4O. The van der Waals surface area contributed by atoms with Crippen LogP contribution in [-0.4, -0.2) is 14.5 Å². The van der Waals surface area contributed by atoms with E-state index in [-0.39, 0.29) is 0 Å². The van der Waals surface area contributed by atoms with Crippen molar-refractivity contribution < 1.29 is 4.42 Å². The topological polar surface area (TPSA) is 67.6 Å². The number of furan rings is 1. The van der Waals surface area contributed by atoms with E-state index in [0.717, 1.165) is 88.6 Å². The highest BCUT2D eigenvalue weighted by Crippen LogP contribution is 2.41. The van der Waals surface area contributed by atoms with Crippen molar-refractivity contribution in [2.75, 3.05) is 0 Å². The molecule has 0 saturated carbocycles. The van der Waals surface area contributed by atoms with Crippen LogP contribution in [0.3, 0.4) is 0 Å². The van der Waals surface area contributed by atoms with Crippen LogP contribution in [0.5, 0.6) is 0 Å². The fourth-order valence-electron chi connectivity index (χ4n) is 7.39. The first kappa shape index (κ1) is 29.6. The molecule has 10 aromatic rings. The lowest BCUT2D eigenvalue weighted by Gasteiger charge is -2.15. The lowest BCUT2D eigenvalue weighted by atomic mass is 9.99. The second kappa shape index (κ2) is 11.9. The van der Waals surface area contributed by atoms with Crippen LogP contribution >= 0.6 is 0 Å². The molecule has 242 valence electrons. The fourth-order valence-corrected chi connectivity index (χ4v) is 7.39. The average molecular weight is 665 g/mol. The SMILES string of the molecule is N#Cc1cccc(-c2cc(-c3nc(-c4ccccc4)cc(-c4ccccc4)n3)cc(-n3c4ccccc4c4ccc5c6ccccc6oc5c43)c2)c1. The Morgan fingerprint density at radius 1 is 0.481 bits per heavy atom. The molecule has 0 unspecified atom stereocenters. The first-order valence-corrected chi connectivity index (χ1v) is 17.2. The Bertz CT molecular complexity index is 2970. The molecule has 0 N–H and O–H groups in total. The summed E-state index contributed by atoms with van der Waals surface area (Å²) in [5.41, 5.74) is 11.7. The molecule has 0 aliphatic rings. The highest BCUT2D eigenvalue weighted by Gasteiger charge is 2.21. The summed E-state index contributed by atoms with van der Waals surface area (Å²) in [5.74, 6) is 0.606. The maximum Gasteiger partial charge on any atom is 0.160 e. The molecule has 0 fully saturated rings. The Kier molecular flexibility index (Phi) is 6.80. The van der Waals surface area contributed by atoms with E-state index in [9.17, 15) is 5.26 Å². The van der Waals surface area contributed by atoms with Crippen LogP contribution in [0.1, 0.15) is 5.56 Å². The van der Waals surface area contributed by atoms with Gasteiger partial charge in [-0.2, -0.15) is 5.26 Å². The van der Waals surface area contributed by atoms with E-state index < -0.39 is 0 Å². The van der Waals surface area contributed by atoms with E-state index >= 15 is 0 Å². The van der Waals surface area contributed by atoms with Crippen molar-refractivity contribution in [3.05, 3.63) is 175 Å². The van der Waals surface area contributed by atoms with Crippen molar-refractivity contribution in [1.82, 2.24) is 14.5 Å². The molecule has 0 saturated heterocycles. The number of benzene rings is 7. The van der Waals surface area contributed by atoms with Crippen molar-refractivity contribution in [2.24, 2.45) is 0 Å². The highest BCUT2D eigenvalue weighted by atomic mass is 16.3. The zero-order valence-electron chi connectivity index (χ0n) is 27.9. The van der Waals surface area contributed by atoms with Gasteiger partial charge in [0.2, 0.25) is 0 Å². The van der Waals surface area contributed by atoms with Gasteiger partial charge in [0.05, 0.1) is 34.1 Å². The van der Waals surface area contributed by atoms with Crippen LogP contribution in [0, 0.1) is 11.3 Å². The molecule has 0 amide bonds. The number of nitriles is 1. The molecule has 3 heterocycles. The molecule has 0 atom stereocenters. The Balaban J connectivity index is 1.30. The Morgan fingerprint density at radius 3 is 1.87 bits per heavy atom. The van der Waals surface area contributed by atoms with Gasteiger partial charge in [0.15, 0.2) is 11.4 Å². The second-order valence-corrected chi connectivity index (χ2v) is 12.9. The smallest absolute Gasteiger partial charge is 0.160 e. The van der Waals surface area contributed by atoms with Gasteiger partial charge in [-0.1, -0.05) is 115 Å². The van der Waals surface area contributed by atoms with E-state index in [4.69, 9.17) is 14.4 Å². The van der Waals surface area contributed by atoms with E-state index in [1.807, 2.05) is 72.8 Å². The zero-order chi connectivity index (χ0) is 34.6. The summed E-state index contributed by atoms with van der Waals surface area (Å²) < 4.78 is 8.97.